The standard InChI is InChI=1S/C34H21N3/c1-2-10-27-26(9-1)32-28-11-4-6-14-31(28)37(34(32)29-12-7-20-36-33(27)29)23-17-15-22(16-18-23)24-19-21-35-30-13-5-3-8-25(24)30/h1-21H. The number of nitrogens with zero attached hydrogens (tertiary/aromatic N) is 3. The Labute approximate surface area is 213 Å². The zero-order chi connectivity index (χ0) is 24.3. The average Bonchev–Trinajstić information content (AvgIpc) is 3.33. The van der Waals surface area contributed by atoms with Crippen LogP contribution < -0.4 is 0 Å². The summed E-state index contributed by atoms with van der Waals surface area (Å²) in [5, 5.41) is 7.28. The van der Waals surface area contributed by atoms with E-state index in [4.69, 9.17) is 4.98 Å². The van der Waals surface area contributed by atoms with E-state index < -0.39 is 0 Å². The number of rotatable bonds is 2. The number of hydrogen-bond donors (Lipinski definition) is 0. The second kappa shape index (κ2) is 7.74. The summed E-state index contributed by atoms with van der Waals surface area (Å²) in [4.78, 5) is 9.37. The Hall–Kier alpha value is -5.02. The van der Waals surface area contributed by atoms with Crippen molar-refractivity contribution in [1.82, 2.24) is 14.5 Å². The van der Waals surface area contributed by atoms with Gasteiger partial charge in [-0.3, -0.25) is 9.97 Å². The first-order chi connectivity index (χ1) is 18.4. The van der Waals surface area contributed by atoms with Crippen molar-refractivity contribution in [3.8, 4) is 16.8 Å². The summed E-state index contributed by atoms with van der Waals surface area (Å²) in [6.07, 6.45) is 3.78. The molecule has 37 heavy (non-hydrogen) atoms. The molecular weight excluding hydrogens is 450 g/mol. The van der Waals surface area contributed by atoms with Gasteiger partial charge < -0.3 is 4.57 Å². The van der Waals surface area contributed by atoms with Crippen molar-refractivity contribution in [3.05, 3.63) is 128 Å². The largest absolute Gasteiger partial charge is 0.309 e. The molecule has 0 saturated carbocycles. The van der Waals surface area contributed by atoms with Gasteiger partial charge in [-0.15, -0.1) is 0 Å². The van der Waals surface area contributed by atoms with Crippen LogP contribution in [0.3, 0.4) is 0 Å². The normalized spacial score (nSPS) is 11.8. The molecule has 3 nitrogen and oxygen atoms in total. The van der Waals surface area contributed by atoms with Gasteiger partial charge in [-0.1, -0.05) is 72.8 Å². The molecule has 0 aliphatic rings. The number of aromatic nitrogens is 3. The van der Waals surface area contributed by atoms with Crippen LogP contribution in [-0.4, -0.2) is 14.5 Å². The lowest BCUT2D eigenvalue weighted by Gasteiger charge is -2.13. The molecule has 3 heterocycles. The van der Waals surface area contributed by atoms with Gasteiger partial charge in [0.1, 0.15) is 0 Å². The zero-order valence-electron chi connectivity index (χ0n) is 20.0. The first-order valence-corrected chi connectivity index (χ1v) is 12.5. The molecule has 0 spiro atoms. The quantitative estimate of drug-likeness (QED) is 0.236. The molecule has 8 rings (SSSR count). The Morgan fingerprint density at radius 1 is 0.486 bits per heavy atom. The minimum Gasteiger partial charge on any atom is -0.309 e. The van der Waals surface area contributed by atoms with Gasteiger partial charge in [0, 0.05) is 45.0 Å². The summed E-state index contributed by atoms with van der Waals surface area (Å²) in [5.74, 6) is 0. The van der Waals surface area contributed by atoms with Crippen molar-refractivity contribution in [2.45, 2.75) is 0 Å². The molecule has 3 aromatic heterocycles. The molecular formula is C34H21N3. The Kier molecular flexibility index (Phi) is 4.23. The van der Waals surface area contributed by atoms with E-state index in [2.05, 4.69) is 113 Å². The van der Waals surface area contributed by atoms with E-state index in [0.717, 1.165) is 27.5 Å². The maximum Gasteiger partial charge on any atom is 0.0801 e. The van der Waals surface area contributed by atoms with Crippen LogP contribution in [0.5, 0.6) is 0 Å². The number of para-hydroxylation sites is 2. The second-order valence-electron chi connectivity index (χ2n) is 9.44. The lowest BCUT2D eigenvalue weighted by atomic mass is 9.99. The first-order valence-electron chi connectivity index (χ1n) is 12.5. The summed E-state index contributed by atoms with van der Waals surface area (Å²) >= 11 is 0. The predicted octanol–water partition coefficient (Wildman–Crippen LogP) is 8.70. The SMILES string of the molecule is c1ccc2c(-c3ccc(-n4c5ccccc5c5c6ccccc6c6ncccc6c54)cc3)ccnc2c1. The highest BCUT2D eigenvalue weighted by Crippen LogP contribution is 2.41. The molecule has 172 valence electrons. The van der Waals surface area contributed by atoms with Crippen molar-refractivity contribution < 1.29 is 0 Å². The first kappa shape index (κ1) is 20.2. The molecule has 0 bridgehead atoms. The molecule has 0 unspecified atom stereocenters. The maximum absolute atomic E-state index is 4.83. The fourth-order valence-electron chi connectivity index (χ4n) is 5.89. The van der Waals surface area contributed by atoms with Crippen LogP contribution in [0.1, 0.15) is 0 Å². The van der Waals surface area contributed by atoms with Crippen molar-refractivity contribution in [2.24, 2.45) is 0 Å². The Balaban J connectivity index is 1.45. The molecule has 0 fully saturated rings. The summed E-state index contributed by atoms with van der Waals surface area (Å²) < 4.78 is 2.40. The van der Waals surface area contributed by atoms with Gasteiger partial charge in [-0.25, -0.2) is 0 Å². The second-order valence-corrected chi connectivity index (χ2v) is 9.44. The molecule has 0 aliphatic heterocycles. The van der Waals surface area contributed by atoms with E-state index in [1.54, 1.807) is 0 Å². The fourth-order valence-corrected chi connectivity index (χ4v) is 5.89. The van der Waals surface area contributed by atoms with Crippen molar-refractivity contribution in [3.63, 3.8) is 0 Å². The van der Waals surface area contributed by atoms with Gasteiger partial charge in [-0.2, -0.15) is 0 Å². The summed E-state index contributed by atoms with van der Waals surface area (Å²) in [7, 11) is 0. The highest BCUT2D eigenvalue weighted by atomic mass is 15.0. The van der Waals surface area contributed by atoms with E-state index in [9.17, 15) is 0 Å². The molecule has 0 atom stereocenters. The van der Waals surface area contributed by atoms with E-state index in [-0.39, 0.29) is 0 Å². The van der Waals surface area contributed by atoms with E-state index in [1.165, 1.54) is 43.7 Å². The third kappa shape index (κ3) is 2.88. The van der Waals surface area contributed by atoms with E-state index in [1.807, 2.05) is 24.5 Å². The molecule has 0 amide bonds. The molecule has 3 heteroatoms. The highest BCUT2D eigenvalue weighted by molar-refractivity contribution is 6.31. The van der Waals surface area contributed by atoms with Crippen LogP contribution in [0.25, 0.3) is 71.2 Å². The van der Waals surface area contributed by atoms with Crippen LogP contribution in [0.2, 0.25) is 0 Å². The number of fused-ring (bicyclic) bond motifs is 9. The lowest BCUT2D eigenvalue weighted by molar-refractivity contribution is 1.19. The fraction of sp³-hybridized carbons (Fsp3) is 0. The summed E-state index contributed by atoms with van der Waals surface area (Å²) in [6.45, 7) is 0. The summed E-state index contributed by atoms with van der Waals surface area (Å²) in [5.41, 5.74) is 7.95. The van der Waals surface area contributed by atoms with Crippen LogP contribution >= 0.6 is 0 Å². The van der Waals surface area contributed by atoms with Crippen LogP contribution in [0, 0.1) is 0 Å². The Morgan fingerprint density at radius 2 is 1.19 bits per heavy atom. The highest BCUT2D eigenvalue weighted by Gasteiger charge is 2.19. The number of benzene rings is 5. The van der Waals surface area contributed by atoms with E-state index >= 15 is 0 Å². The van der Waals surface area contributed by atoms with Gasteiger partial charge in [-0.05, 0) is 59.0 Å². The predicted molar refractivity (Wildman–Crippen MR) is 154 cm³/mol. The third-order valence-corrected chi connectivity index (χ3v) is 7.47. The minimum absolute atomic E-state index is 1.01. The smallest absolute Gasteiger partial charge is 0.0801 e. The number of pyridine rings is 2. The minimum atomic E-state index is 1.01. The lowest BCUT2D eigenvalue weighted by Crippen LogP contribution is -1.95. The molecule has 8 aromatic rings. The maximum atomic E-state index is 4.83. The van der Waals surface area contributed by atoms with Crippen molar-refractivity contribution in [2.75, 3.05) is 0 Å². The van der Waals surface area contributed by atoms with Gasteiger partial charge in [0.2, 0.25) is 0 Å². The molecule has 0 radical (unpaired) electrons. The topological polar surface area (TPSA) is 30.7 Å². The average molecular weight is 472 g/mol. The molecule has 5 aromatic carbocycles. The Bertz CT molecular complexity index is 2130. The van der Waals surface area contributed by atoms with Crippen LogP contribution in [-0.2, 0) is 0 Å². The Morgan fingerprint density at radius 3 is 2.05 bits per heavy atom. The van der Waals surface area contributed by atoms with E-state index in [0.29, 0.717) is 0 Å². The van der Waals surface area contributed by atoms with Gasteiger partial charge in [0.25, 0.3) is 0 Å². The molecule has 0 saturated heterocycles. The zero-order valence-corrected chi connectivity index (χ0v) is 20.0. The van der Waals surface area contributed by atoms with Crippen LogP contribution in [0.4, 0.5) is 0 Å². The molecule has 0 aliphatic carbocycles. The number of hydrogen-bond acceptors (Lipinski definition) is 2. The molecule has 0 N–H and O–H groups in total. The van der Waals surface area contributed by atoms with Gasteiger partial charge in [0.05, 0.1) is 22.1 Å². The van der Waals surface area contributed by atoms with Gasteiger partial charge >= 0.3 is 0 Å². The van der Waals surface area contributed by atoms with Crippen molar-refractivity contribution in [1.29, 1.82) is 0 Å². The van der Waals surface area contributed by atoms with Gasteiger partial charge in [0.15, 0.2) is 0 Å². The van der Waals surface area contributed by atoms with Crippen LogP contribution in [0.15, 0.2) is 128 Å². The monoisotopic (exact) mass is 471 g/mol. The third-order valence-electron chi connectivity index (χ3n) is 7.47. The summed E-state index contributed by atoms with van der Waals surface area (Å²) in [6, 6.07) is 40.9. The van der Waals surface area contributed by atoms with Crippen molar-refractivity contribution >= 4 is 54.4 Å².